The molecule has 0 spiro atoms. The van der Waals surface area contributed by atoms with Gasteiger partial charge in [0.15, 0.2) is 9.84 Å². The number of benzene rings is 1. The Kier molecular flexibility index (Phi) is 5.85. The number of aryl methyl sites for hydroxylation is 1. The molecule has 0 aromatic heterocycles. The average molecular weight is 408 g/mol. The molecule has 1 heterocycles. The molecule has 152 valence electrons. The number of rotatable bonds is 6. The van der Waals surface area contributed by atoms with Crippen LogP contribution in [0.2, 0.25) is 0 Å². The van der Waals surface area contributed by atoms with Gasteiger partial charge >= 0.3 is 5.97 Å². The van der Waals surface area contributed by atoms with Crippen LogP contribution < -0.4 is 10.6 Å². The normalized spacial score (nSPS) is 22.0. The first kappa shape index (κ1) is 20.5. The van der Waals surface area contributed by atoms with Crippen LogP contribution in [0, 0.1) is 6.92 Å². The molecule has 2 fully saturated rings. The number of cyclic esters (lactones) is 1. The van der Waals surface area contributed by atoms with Crippen LogP contribution >= 0.6 is 0 Å². The van der Waals surface area contributed by atoms with Crippen LogP contribution in [0.25, 0.3) is 0 Å². The van der Waals surface area contributed by atoms with Crippen LogP contribution in [-0.4, -0.2) is 50.1 Å². The maximum absolute atomic E-state index is 13.0. The third-order valence-electron chi connectivity index (χ3n) is 5.28. The van der Waals surface area contributed by atoms with Gasteiger partial charge in [0.2, 0.25) is 5.91 Å². The van der Waals surface area contributed by atoms with E-state index in [0.29, 0.717) is 6.42 Å². The maximum Gasteiger partial charge on any atom is 0.323 e. The summed E-state index contributed by atoms with van der Waals surface area (Å²) in [5, 5.41) is 5.55. The molecule has 1 aromatic carbocycles. The number of ether oxygens (including phenoxy) is 1. The fourth-order valence-corrected chi connectivity index (χ4v) is 4.55. The second-order valence-electron chi connectivity index (χ2n) is 7.35. The Morgan fingerprint density at radius 2 is 1.82 bits per heavy atom. The molecule has 3 rings (SSSR count). The van der Waals surface area contributed by atoms with Gasteiger partial charge in [-0.25, -0.2) is 8.42 Å². The largest absolute Gasteiger partial charge is 0.464 e. The summed E-state index contributed by atoms with van der Waals surface area (Å²) >= 11 is 0. The van der Waals surface area contributed by atoms with E-state index < -0.39 is 39.2 Å². The number of ketones is 1. The van der Waals surface area contributed by atoms with Crippen molar-refractivity contribution in [3.05, 3.63) is 29.8 Å². The smallest absolute Gasteiger partial charge is 0.323 e. The summed E-state index contributed by atoms with van der Waals surface area (Å²) in [6.07, 6.45) is 1.27. The number of Topliss-reactive ketones (excluding diaryl/α,β-unsaturated/α-hetero) is 1. The molecule has 1 saturated heterocycles. The monoisotopic (exact) mass is 408 g/mol. The maximum atomic E-state index is 13.0. The molecule has 2 N–H and O–H groups in total. The van der Waals surface area contributed by atoms with Crippen LogP contribution in [0.5, 0.6) is 0 Å². The van der Waals surface area contributed by atoms with Crippen molar-refractivity contribution in [2.75, 3.05) is 12.5 Å². The lowest BCUT2D eigenvalue weighted by Gasteiger charge is -2.37. The van der Waals surface area contributed by atoms with E-state index in [1.165, 1.54) is 12.1 Å². The van der Waals surface area contributed by atoms with E-state index in [4.69, 9.17) is 4.74 Å². The molecule has 1 aliphatic carbocycles. The number of carbonyl (C=O) groups excluding carboxylic acids is 3. The lowest BCUT2D eigenvalue weighted by Crippen LogP contribution is -2.62. The standard InChI is InChI=1S/C19H24N2O6S/c1-13-2-4-15(5-3-13)28(25,26)12-20-18(24)19(9-6-14(22)7-10-19)21-16-8-11-27-17(16)23/h2-5,16,21H,6-12H2,1H3,(H,20,24)/t16-/m0/s1. The Hall–Kier alpha value is -2.26. The SMILES string of the molecule is Cc1ccc(S(=O)(=O)CNC(=O)C2(N[C@H]3CCOC3=O)CCC(=O)CC2)cc1. The molecule has 0 bridgehead atoms. The van der Waals surface area contributed by atoms with Gasteiger partial charge in [0.25, 0.3) is 0 Å². The van der Waals surface area contributed by atoms with Gasteiger partial charge in [-0.15, -0.1) is 0 Å². The van der Waals surface area contributed by atoms with E-state index in [1.54, 1.807) is 12.1 Å². The van der Waals surface area contributed by atoms with Crippen molar-refractivity contribution in [2.45, 2.75) is 55.5 Å². The minimum absolute atomic E-state index is 0.0477. The van der Waals surface area contributed by atoms with E-state index >= 15 is 0 Å². The summed E-state index contributed by atoms with van der Waals surface area (Å²) in [6, 6.07) is 5.75. The van der Waals surface area contributed by atoms with Crippen LogP contribution in [0.1, 0.15) is 37.7 Å². The fourth-order valence-electron chi connectivity index (χ4n) is 3.51. The van der Waals surface area contributed by atoms with Gasteiger partial charge in [-0.05, 0) is 31.9 Å². The number of hydrogen-bond donors (Lipinski definition) is 2. The topological polar surface area (TPSA) is 119 Å². The summed E-state index contributed by atoms with van der Waals surface area (Å²) in [4.78, 5) is 36.6. The number of hydrogen-bond acceptors (Lipinski definition) is 7. The molecule has 1 aromatic rings. The Morgan fingerprint density at radius 1 is 1.18 bits per heavy atom. The molecular formula is C19H24N2O6S. The molecule has 1 atom stereocenters. The molecule has 9 heteroatoms. The Balaban J connectivity index is 1.73. The Labute approximate surface area is 163 Å². The fraction of sp³-hybridized carbons (Fsp3) is 0.526. The van der Waals surface area contributed by atoms with Gasteiger partial charge < -0.3 is 10.1 Å². The molecule has 2 aliphatic rings. The second-order valence-corrected chi connectivity index (χ2v) is 9.34. The van der Waals surface area contributed by atoms with Gasteiger partial charge in [-0.3, -0.25) is 19.7 Å². The lowest BCUT2D eigenvalue weighted by atomic mass is 9.79. The summed E-state index contributed by atoms with van der Waals surface area (Å²) in [7, 11) is -3.70. The zero-order valence-corrected chi connectivity index (χ0v) is 16.5. The Bertz CT molecular complexity index is 868. The molecule has 1 saturated carbocycles. The lowest BCUT2D eigenvalue weighted by molar-refractivity contribution is -0.141. The van der Waals surface area contributed by atoms with E-state index in [0.717, 1.165) is 5.56 Å². The Morgan fingerprint density at radius 3 is 2.39 bits per heavy atom. The summed E-state index contributed by atoms with van der Waals surface area (Å²) in [5.41, 5.74) is -0.230. The molecule has 8 nitrogen and oxygen atoms in total. The molecule has 1 aliphatic heterocycles. The zero-order chi connectivity index (χ0) is 20.4. The number of nitrogens with one attached hydrogen (secondary N) is 2. The van der Waals surface area contributed by atoms with Gasteiger partial charge in [0.05, 0.1) is 17.0 Å². The first-order valence-electron chi connectivity index (χ1n) is 9.26. The van der Waals surface area contributed by atoms with Gasteiger partial charge in [-0.2, -0.15) is 0 Å². The summed E-state index contributed by atoms with van der Waals surface area (Å²) in [5.74, 6) is -1.46. The second kappa shape index (κ2) is 8.00. The third kappa shape index (κ3) is 4.41. The molecular weight excluding hydrogens is 384 g/mol. The highest BCUT2D eigenvalue weighted by atomic mass is 32.2. The van der Waals surface area contributed by atoms with Crippen molar-refractivity contribution in [2.24, 2.45) is 0 Å². The van der Waals surface area contributed by atoms with Crippen LogP contribution in [-0.2, 0) is 29.0 Å². The van der Waals surface area contributed by atoms with Gasteiger partial charge in [0.1, 0.15) is 17.7 Å². The van der Waals surface area contributed by atoms with Crippen molar-refractivity contribution in [3.8, 4) is 0 Å². The van der Waals surface area contributed by atoms with Crippen LogP contribution in [0.4, 0.5) is 0 Å². The minimum atomic E-state index is -3.70. The van der Waals surface area contributed by atoms with Crippen molar-refractivity contribution in [1.82, 2.24) is 10.6 Å². The van der Waals surface area contributed by atoms with Crippen molar-refractivity contribution in [1.29, 1.82) is 0 Å². The number of esters is 1. The number of carbonyl (C=O) groups is 3. The van der Waals surface area contributed by atoms with Gasteiger partial charge in [0, 0.05) is 19.3 Å². The van der Waals surface area contributed by atoms with Gasteiger partial charge in [-0.1, -0.05) is 17.7 Å². The summed E-state index contributed by atoms with van der Waals surface area (Å²) in [6.45, 7) is 2.13. The quantitative estimate of drug-likeness (QED) is 0.663. The summed E-state index contributed by atoms with van der Waals surface area (Å²) < 4.78 is 30.0. The van der Waals surface area contributed by atoms with Crippen molar-refractivity contribution < 1.29 is 27.5 Å². The zero-order valence-electron chi connectivity index (χ0n) is 15.7. The minimum Gasteiger partial charge on any atom is -0.464 e. The molecule has 28 heavy (non-hydrogen) atoms. The first-order valence-corrected chi connectivity index (χ1v) is 10.9. The number of amides is 1. The predicted octanol–water partition coefficient (Wildman–Crippen LogP) is 0.629. The number of sulfone groups is 1. The molecule has 0 radical (unpaired) electrons. The highest BCUT2D eigenvalue weighted by Gasteiger charge is 2.45. The van der Waals surface area contributed by atoms with E-state index in [9.17, 15) is 22.8 Å². The highest BCUT2D eigenvalue weighted by Crippen LogP contribution is 2.29. The van der Waals surface area contributed by atoms with E-state index in [1.807, 2.05) is 6.92 Å². The molecule has 0 unspecified atom stereocenters. The van der Waals surface area contributed by atoms with Crippen LogP contribution in [0.3, 0.4) is 0 Å². The predicted molar refractivity (Wildman–Crippen MR) is 100 cm³/mol. The average Bonchev–Trinajstić information content (AvgIpc) is 3.06. The van der Waals surface area contributed by atoms with Crippen molar-refractivity contribution in [3.63, 3.8) is 0 Å². The molecule has 1 amide bonds. The van der Waals surface area contributed by atoms with E-state index in [2.05, 4.69) is 10.6 Å². The highest BCUT2D eigenvalue weighted by molar-refractivity contribution is 7.91. The van der Waals surface area contributed by atoms with E-state index in [-0.39, 0.29) is 43.0 Å². The van der Waals surface area contributed by atoms with Crippen LogP contribution in [0.15, 0.2) is 29.2 Å². The third-order valence-corrected chi connectivity index (χ3v) is 6.80. The van der Waals surface area contributed by atoms with Crippen molar-refractivity contribution >= 4 is 27.5 Å². The first-order chi connectivity index (χ1) is 13.2.